The molecule has 0 aliphatic heterocycles. The maximum atomic E-state index is 10.8. The van der Waals surface area contributed by atoms with Crippen molar-refractivity contribution in [3.63, 3.8) is 0 Å². The molecule has 0 fully saturated rings. The maximum absolute atomic E-state index is 10.8. The van der Waals surface area contributed by atoms with Gasteiger partial charge in [-0.3, -0.25) is 0 Å². The molecule has 0 heterocycles. The van der Waals surface area contributed by atoms with Gasteiger partial charge in [-0.05, 0) is 13.3 Å². The molecule has 0 saturated heterocycles. The number of sulfone groups is 1. The summed E-state index contributed by atoms with van der Waals surface area (Å²) in [5.41, 5.74) is 0. The van der Waals surface area contributed by atoms with Gasteiger partial charge in [0.15, 0.2) is 0 Å². The van der Waals surface area contributed by atoms with Crippen LogP contribution in [0.4, 0.5) is 0 Å². The van der Waals surface area contributed by atoms with E-state index in [1.807, 2.05) is 0 Å². The van der Waals surface area contributed by atoms with Crippen LogP contribution in [0, 0.1) is 0 Å². The lowest BCUT2D eigenvalue weighted by Gasteiger charge is -2.14. The highest BCUT2D eigenvalue weighted by Crippen LogP contribution is 2.06. The van der Waals surface area contributed by atoms with E-state index in [0.717, 1.165) is 6.42 Å². The van der Waals surface area contributed by atoms with Crippen LogP contribution in [0.3, 0.4) is 0 Å². The minimum absolute atomic E-state index is 0.216. The summed E-state index contributed by atoms with van der Waals surface area (Å²) in [4.78, 5) is 0.466. The van der Waals surface area contributed by atoms with Gasteiger partial charge < -0.3 is 5.32 Å². The first-order chi connectivity index (χ1) is 5.81. The van der Waals surface area contributed by atoms with Gasteiger partial charge in [-0.25, -0.2) is 8.42 Å². The van der Waals surface area contributed by atoms with E-state index in [9.17, 15) is 8.42 Å². The van der Waals surface area contributed by atoms with Gasteiger partial charge in [0.2, 0.25) is 0 Å². The number of rotatable bonds is 6. The van der Waals surface area contributed by atoms with Crippen LogP contribution in [0.5, 0.6) is 0 Å². The Morgan fingerprint density at radius 1 is 1.38 bits per heavy atom. The fourth-order valence-electron chi connectivity index (χ4n) is 1.06. The van der Waals surface area contributed by atoms with Gasteiger partial charge in [0.1, 0.15) is 9.84 Å². The first-order valence-corrected chi connectivity index (χ1v) is 7.34. The Balaban J connectivity index is 3.54. The second-order valence-electron chi connectivity index (χ2n) is 3.50. The average molecular weight is 272 g/mol. The fraction of sp³-hybridized carbons (Fsp3) is 1.00. The molecule has 2 atom stereocenters. The molecule has 0 aromatic heterocycles. The van der Waals surface area contributed by atoms with Crippen molar-refractivity contribution < 1.29 is 8.42 Å². The second kappa shape index (κ2) is 5.98. The normalized spacial score (nSPS) is 16.9. The standard InChI is InChI=1S/C8H18BrNO2S/c1-7(9)6-8(2)10-4-5-13(3,11)12/h7-8,10H,4-6H2,1-3H3. The molecule has 0 aromatic carbocycles. The van der Waals surface area contributed by atoms with E-state index in [0.29, 0.717) is 17.4 Å². The molecule has 0 rings (SSSR count). The summed E-state index contributed by atoms with van der Waals surface area (Å²) in [6.07, 6.45) is 2.26. The zero-order valence-corrected chi connectivity index (χ0v) is 10.8. The molecule has 0 bridgehead atoms. The van der Waals surface area contributed by atoms with E-state index in [-0.39, 0.29) is 5.75 Å². The summed E-state index contributed by atoms with van der Waals surface area (Å²) in [6.45, 7) is 4.68. The monoisotopic (exact) mass is 271 g/mol. The predicted octanol–water partition coefficient (Wildman–Crippen LogP) is 1.18. The van der Waals surface area contributed by atoms with Crippen molar-refractivity contribution in [3.05, 3.63) is 0 Å². The fourth-order valence-corrected chi connectivity index (χ4v) is 2.11. The third-order valence-electron chi connectivity index (χ3n) is 1.64. The SMILES string of the molecule is CC(Br)CC(C)NCCS(C)(=O)=O. The van der Waals surface area contributed by atoms with Crippen LogP contribution in [0.1, 0.15) is 20.3 Å². The van der Waals surface area contributed by atoms with Crippen molar-refractivity contribution >= 4 is 25.8 Å². The lowest BCUT2D eigenvalue weighted by Crippen LogP contribution is -2.32. The Morgan fingerprint density at radius 2 is 1.92 bits per heavy atom. The quantitative estimate of drug-likeness (QED) is 0.739. The summed E-state index contributed by atoms with van der Waals surface area (Å²) in [5.74, 6) is 0.216. The Bertz CT molecular complexity index is 226. The van der Waals surface area contributed by atoms with Gasteiger partial charge in [0.05, 0.1) is 5.75 Å². The molecule has 1 N–H and O–H groups in total. The highest BCUT2D eigenvalue weighted by molar-refractivity contribution is 9.09. The van der Waals surface area contributed by atoms with Crippen molar-refractivity contribution in [2.24, 2.45) is 0 Å². The summed E-state index contributed by atoms with van der Waals surface area (Å²) in [6, 6.07) is 0.358. The van der Waals surface area contributed by atoms with Gasteiger partial charge in [-0.2, -0.15) is 0 Å². The van der Waals surface area contributed by atoms with Crippen molar-refractivity contribution in [2.45, 2.75) is 31.1 Å². The van der Waals surface area contributed by atoms with Crippen molar-refractivity contribution in [2.75, 3.05) is 18.6 Å². The van der Waals surface area contributed by atoms with Crippen LogP contribution >= 0.6 is 15.9 Å². The zero-order chi connectivity index (χ0) is 10.5. The van der Waals surface area contributed by atoms with Crippen molar-refractivity contribution in [3.8, 4) is 0 Å². The molecule has 2 unspecified atom stereocenters. The predicted molar refractivity (Wildman–Crippen MR) is 60.2 cm³/mol. The molecular formula is C8H18BrNO2S. The van der Waals surface area contributed by atoms with E-state index in [4.69, 9.17) is 0 Å². The van der Waals surface area contributed by atoms with Crippen LogP contribution in [0.15, 0.2) is 0 Å². The highest BCUT2D eigenvalue weighted by Gasteiger charge is 2.06. The van der Waals surface area contributed by atoms with Crippen LogP contribution < -0.4 is 5.32 Å². The lowest BCUT2D eigenvalue weighted by atomic mass is 10.2. The van der Waals surface area contributed by atoms with Crippen molar-refractivity contribution in [1.29, 1.82) is 0 Å². The van der Waals surface area contributed by atoms with Gasteiger partial charge in [-0.1, -0.05) is 22.9 Å². The Hall–Kier alpha value is 0.390. The third-order valence-corrected chi connectivity index (χ3v) is 2.96. The summed E-state index contributed by atoms with van der Waals surface area (Å²) in [5, 5.41) is 3.16. The van der Waals surface area contributed by atoms with E-state index in [1.165, 1.54) is 6.26 Å². The topological polar surface area (TPSA) is 46.2 Å². The molecular weight excluding hydrogens is 254 g/mol. The molecule has 0 saturated carbocycles. The van der Waals surface area contributed by atoms with E-state index >= 15 is 0 Å². The van der Waals surface area contributed by atoms with E-state index in [2.05, 4.69) is 35.1 Å². The van der Waals surface area contributed by atoms with Gasteiger partial charge in [-0.15, -0.1) is 0 Å². The lowest BCUT2D eigenvalue weighted by molar-refractivity contribution is 0.528. The first-order valence-electron chi connectivity index (χ1n) is 4.36. The molecule has 0 amide bonds. The van der Waals surface area contributed by atoms with Crippen molar-refractivity contribution in [1.82, 2.24) is 5.32 Å². The third kappa shape index (κ3) is 10.3. The molecule has 3 nitrogen and oxygen atoms in total. The van der Waals surface area contributed by atoms with Gasteiger partial charge in [0.25, 0.3) is 0 Å². The van der Waals surface area contributed by atoms with E-state index in [1.54, 1.807) is 0 Å². The van der Waals surface area contributed by atoms with Crippen LogP contribution in [0.25, 0.3) is 0 Å². The van der Waals surface area contributed by atoms with Gasteiger partial charge in [0, 0.05) is 23.7 Å². The highest BCUT2D eigenvalue weighted by atomic mass is 79.9. The number of nitrogens with one attached hydrogen (secondary N) is 1. The number of hydrogen-bond acceptors (Lipinski definition) is 3. The molecule has 0 aromatic rings. The Labute approximate surface area is 89.3 Å². The van der Waals surface area contributed by atoms with E-state index < -0.39 is 9.84 Å². The summed E-state index contributed by atoms with van der Waals surface area (Å²) < 4.78 is 21.6. The molecule has 13 heavy (non-hydrogen) atoms. The second-order valence-corrected chi connectivity index (χ2v) is 7.32. The average Bonchev–Trinajstić information content (AvgIpc) is 1.81. The molecule has 80 valence electrons. The van der Waals surface area contributed by atoms with Crippen LogP contribution in [-0.2, 0) is 9.84 Å². The Morgan fingerprint density at radius 3 is 2.31 bits per heavy atom. The first kappa shape index (κ1) is 13.4. The molecule has 5 heteroatoms. The minimum atomic E-state index is -2.82. The number of alkyl halides is 1. The zero-order valence-electron chi connectivity index (χ0n) is 8.38. The largest absolute Gasteiger partial charge is 0.313 e. The molecule has 0 aliphatic rings. The number of halogens is 1. The Kier molecular flexibility index (Phi) is 6.16. The molecule has 0 aliphatic carbocycles. The van der Waals surface area contributed by atoms with Gasteiger partial charge >= 0.3 is 0 Å². The number of hydrogen-bond donors (Lipinski definition) is 1. The van der Waals surface area contributed by atoms with Crippen LogP contribution in [-0.4, -0.2) is 37.8 Å². The summed E-state index contributed by atoms with van der Waals surface area (Å²) in [7, 11) is -2.82. The summed E-state index contributed by atoms with van der Waals surface area (Å²) >= 11 is 3.45. The smallest absolute Gasteiger partial charge is 0.148 e. The molecule has 0 radical (unpaired) electrons. The maximum Gasteiger partial charge on any atom is 0.148 e. The minimum Gasteiger partial charge on any atom is -0.313 e. The molecule has 0 spiro atoms. The van der Waals surface area contributed by atoms with Crippen LogP contribution in [0.2, 0.25) is 0 Å².